The number of benzene rings is 3. The van der Waals surface area contributed by atoms with Crippen LogP contribution in [0.4, 0.5) is 5.69 Å². The second-order valence-electron chi connectivity index (χ2n) is 9.69. The zero-order valence-electron chi connectivity index (χ0n) is 22.1. The van der Waals surface area contributed by atoms with Gasteiger partial charge in [-0.2, -0.15) is 0 Å². The molecule has 1 amide bonds. The van der Waals surface area contributed by atoms with Crippen LogP contribution in [-0.4, -0.2) is 62.9 Å². The zero-order chi connectivity index (χ0) is 27.9. The van der Waals surface area contributed by atoms with Gasteiger partial charge < -0.3 is 28.7 Å². The van der Waals surface area contributed by atoms with E-state index >= 15 is 0 Å². The van der Waals surface area contributed by atoms with E-state index in [0.717, 1.165) is 41.4 Å². The molecular formula is C31H32Cl2N2O5. The lowest BCUT2D eigenvalue weighted by Crippen LogP contribution is -2.49. The summed E-state index contributed by atoms with van der Waals surface area (Å²) >= 11 is 12.3. The molecule has 0 radical (unpaired) electrons. The first-order valence-corrected chi connectivity index (χ1v) is 14.0. The Morgan fingerprint density at radius 2 is 1.77 bits per heavy atom. The third-order valence-corrected chi connectivity index (χ3v) is 7.42. The third-order valence-electron chi connectivity index (χ3n) is 6.86. The van der Waals surface area contributed by atoms with Crippen molar-refractivity contribution < 1.29 is 23.7 Å². The van der Waals surface area contributed by atoms with Crippen LogP contribution in [0.3, 0.4) is 0 Å². The van der Waals surface area contributed by atoms with Crippen LogP contribution in [0.15, 0.2) is 79.4 Å². The summed E-state index contributed by atoms with van der Waals surface area (Å²) in [6, 6.07) is 20.9. The Morgan fingerprint density at radius 3 is 2.52 bits per heavy atom. The normalized spacial score (nSPS) is 18.9. The summed E-state index contributed by atoms with van der Waals surface area (Å²) in [7, 11) is 0. The van der Waals surface area contributed by atoms with E-state index < -0.39 is 6.29 Å². The molecular weight excluding hydrogens is 551 g/mol. The van der Waals surface area contributed by atoms with E-state index in [2.05, 4.69) is 11.5 Å². The first kappa shape index (κ1) is 28.3. The lowest BCUT2D eigenvalue weighted by molar-refractivity contribution is -0.130. The minimum atomic E-state index is -0.534. The minimum Gasteiger partial charge on any atom is -0.491 e. The molecule has 0 N–H and O–H groups in total. The molecule has 40 heavy (non-hydrogen) atoms. The summed E-state index contributed by atoms with van der Waals surface area (Å²) in [5.41, 5.74) is 2.80. The van der Waals surface area contributed by atoms with Crippen molar-refractivity contribution in [1.82, 2.24) is 4.90 Å². The number of anilines is 1. The monoisotopic (exact) mass is 582 g/mol. The number of halogens is 2. The first-order chi connectivity index (χ1) is 19.5. The molecule has 0 spiro atoms. The number of amides is 1. The van der Waals surface area contributed by atoms with Crippen LogP contribution in [0, 0.1) is 0 Å². The van der Waals surface area contributed by atoms with Crippen molar-refractivity contribution in [1.29, 1.82) is 0 Å². The van der Waals surface area contributed by atoms with Crippen LogP contribution < -0.4 is 14.4 Å². The number of hydrogen-bond acceptors (Lipinski definition) is 6. The summed E-state index contributed by atoms with van der Waals surface area (Å²) in [5.74, 6) is 1.63. The third kappa shape index (κ3) is 7.29. The highest BCUT2D eigenvalue weighted by Gasteiger charge is 2.29. The van der Waals surface area contributed by atoms with Crippen LogP contribution in [0.25, 0.3) is 0 Å². The van der Waals surface area contributed by atoms with Gasteiger partial charge in [-0.25, -0.2) is 0 Å². The van der Waals surface area contributed by atoms with Crippen LogP contribution in [0.5, 0.6) is 11.5 Å². The summed E-state index contributed by atoms with van der Waals surface area (Å²) in [4.78, 5) is 17.1. The lowest BCUT2D eigenvalue weighted by Gasteiger charge is -2.36. The molecule has 0 bridgehead atoms. The molecule has 2 unspecified atom stereocenters. The Kier molecular flexibility index (Phi) is 9.49. The summed E-state index contributed by atoms with van der Waals surface area (Å²) in [5, 5.41) is 1.08. The maximum Gasteiger partial charge on any atom is 0.227 e. The zero-order valence-corrected chi connectivity index (χ0v) is 23.7. The van der Waals surface area contributed by atoms with Crippen molar-refractivity contribution in [3.8, 4) is 11.5 Å². The van der Waals surface area contributed by atoms with Gasteiger partial charge in [0.25, 0.3) is 0 Å². The van der Waals surface area contributed by atoms with Gasteiger partial charge >= 0.3 is 0 Å². The molecule has 3 aromatic carbocycles. The quantitative estimate of drug-likeness (QED) is 0.276. The maximum absolute atomic E-state index is 12.9. The first-order valence-electron chi connectivity index (χ1n) is 13.3. The molecule has 2 aliphatic rings. The topological polar surface area (TPSA) is 60.5 Å². The molecule has 210 valence electrons. The SMILES string of the molecule is C=CCOc1cccc(CC(=O)N2CCN(c3ccc(OCC4COC(c5ccc(Cl)cc5Cl)O4)cc3)CC2)c1. The Labute approximate surface area is 244 Å². The van der Waals surface area contributed by atoms with Gasteiger partial charge in [-0.15, -0.1) is 0 Å². The molecule has 7 nitrogen and oxygen atoms in total. The van der Waals surface area contributed by atoms with Gasteiger partial charge in [-0.3, -0.25) is 4.79 Å². The van der Waals surface area contributed by atoms with E-state index in [1.54, 1.807) is 18.2 Å². The van der Waals surface area contributed by atoms with E-state index in [-0.39, 0.29) is 12.0 Å². The average molecular weight is 584 g/mol. The lowest BCUT2D eigenvalue weighted by atomic mass is 10.1. The number of carbonyl (C=O) groups excluding carboxylic acids is 1. The van der Waals surface area contributed by atoms with Crippen molar-refractivity contribution in [2.24, 2.45) is 0 Å². The molecule has 5 rings (SSSR count). The van der Waals surface area contributed by atoms with Gasteiger partial charge in [0.05, 0.1) is 18.1 Å². The molecule has 2 atom stereocenters. The highest BCUT2D eigenvalue weighted by Crippen LogP contribution is 2.33. The van der Waals surface area contributed by atoms with Gasteiger partial charge in [0, 0.05) is 42.5 Å². The molecule has 2 fully saturated rings. The number of rotatable bonds is 10. The van der Waals surface area contributed by atoms with Crippen molar-refractivity contribution in [2.45, 2.75) is 18.8 Å². The van der Waals surface area contributed by atoms with Crippen molar-refractivity contribution in [2.75, 3.05) is 50.9 Å². The van der Waals surface area contributed by atoms with E-state index in [9.17, 15) is 4.79 Å². The van der Waals surface area contributed by atoms with Gasteiger partial charge in [0.15, 0.2) is 6.29 Å². The van der Waals surface area contributed by atoms with Gasteiger partial charge in [-0.1, -0.05) is 54.1 Å². The molecule has 9 heteroatoms. The number of piperazine rings is 1. The number of ether oxygens (including phenoxy) is 4. The molecule has 0 aliphatic carbocycles. The highest BCUT2D eigenvalue weighted by molar-refractivity contribution is 6.35. The maximum atomic E-state index is 12.9. The minimum absolute atomic E-state index is 0.128. The molecule has 2 saturated heterocycles. The van der Waals surface area contributed by atoms with Crippen LogP contribution >= 0.6 is 23.2 Å². The molecule has 0 saturated carbocycles. The predicted molar refractivity (Wildman–Crippen MR) is 157 cm³/mol. The Bertz CT molecular complexity index is 1310. The van der Waals surface area contributed by atoms with Crippen LogP contribution in [0.2, 0.25) is 10.0 Å². The summed E-state index contributed by atoms with van der Waals surface area (Å²) in [6.07, 6.45) is 1.33. The summed E-state index contributed by atoms with van der Waals surface area (Å²) < 4.78 is 23.3. The van der Waals surface area contributed by atoms with Gasteiger partial charge in [-0.05, 0) is 54.1 Å². The number of carbonyl (C=O) groups is 1. The van der Waals surface area contributed by atoms with E-state index in [4.69, 9.17) is 42.1 Å². The number of hydrogen-bond donors (Lipinski definition) is 0. The second-order valence-corrected chi connectivity index (χ2v) is 10.5. The predicted octanol–water partition coefficient (Wildman–Crippen LogP) is 5.94. The second kappa shape index (κ2) is 13.4. The smallest absolute Gasteiger partial charge is 0.227 e. The molecule has 0 aromatic heterocycles. The van der Waals surface area contributed by atoms with Gasteiger partial charge in [0.1, 0.15) is 30.8 Å². The Balaban J connectivity index is 1.06. The Morgan fingerprint density at radius 1 is 0.975 bits per heavy atom. The van der Waals surface area contributed by atoms with E-state index in [1.807, 2.05) is 59.5 Å². The van der Waals surface area contributed by atoms with Crippen molar-refractivity contribution in [3.05, 3.63) is 101 Å². The number of nitrogens with zero attached hydrogens (tertiary/aromatic N) is 2. The van der Waals surface area contributed by atoms with Crippen LogP contribution in [0.1, 0.15) is 17.4 Å². The Hall–Kier alpha value is -3.23. The van der Waals surface area contributed by atoms with E-state index in [1.165, 1.54) is 0 Å². The highest BCUT2D eigenvalue weighted by atomic mass is 35.5. The average Bonchev–Trinajstić information content (AvgIpc) is 3.44. The molecule has 3 aromatic rings. The summed E-state index contributed by atoms with van der Waals surface area (Å²) in [6.45, 7) is 7.80. The molecule has 2 aliphatic heterocycles. The fraction of sp³-hybridized carbons (Fsp3) is 0.323. The standard InChI is InChI=1S/C31H32Cl2N2O5/c1-2-16-37-26-5-3-4-22(17-26)18-30(36)35-14-12-34(13-15-35)24-7-9-25(10-8-24)38-20-27-21-39-31(40-27)28-11-6-23(32)19-29(28)33/h2-11,17,19,27,31H,1,12-16,18,20-21H2. The van der Waals surface area contributed by atoms with E-state index in [0.29, 0.717) is 49.4 Å². The van der Waals surface area contributed by atoms with Crippen molar-refractivity contribution >= 4 is 34.8 Å². The largest absolute Gasteiger partial charge is 0.491 e. The molecule has 2 heterocycles. The fourth-order valence-corrected chi connectivity index (χ4v) is 5.23. The van der Waals surface area contributed by atoms with Gasteiger partial charge in [0.2, 0.25) is 5.91 Å². The van der Waals surface area contributed by atoms with Crippen LogP contribution in [-0.2, 0) is 20.7 Å². The van der Waals surface area contributed by atoms with Crippen molar-refractivity contribution in [3.63, 3.8) is 0 Å². The fourth-order valence-electron chi connectivity index (χ4n) is 4.73.